The minimum atomic E-state index is -0.0573. The van der Waals surface area contributed by atoms with Gasteiger partial charge in [0.25, 0.3) is 5.91 Å². The number of nitrogens with one attached hydrogen (secondary N) is 2. The van der Waals surface area contributed by atoms with Crippen molar-refractivity contribution in [2.24, 2.45) is 4.99 Å². The highest BCUT2D eigenvalue weighted by Gasteiger charge is 2.19. The van der Waals surface area contributed by atoms with Gasteiger partial charge in [0.15, 0.2) is 12.6 Å². The number of piperidine rings is 1. The number of benzene rings is 1. The van der Waals surface area contributed by atoms with Crippen molar-refractivity contribution in [3.05, 3.63) is 29.8 Å². The highest BCUT2D eigenvalue weighted by Crippen LogP contribution is 2.14. The average molecular weight is 517 g/mol. The van der Waals surface area contributed by atoms with Gasteiger partial charge in [-0.2, -0.15) is 0 Å². The van der Waals surface area contributed by atoms with Crippen molar-refractivity contribution in [1.82, 2.24) is 20.4 Å². The summed E-state index contributed by atoms with van der Waals surface area (Å²) in [5.41, 5.74) is 1.08. The Morgan fingerprint density at radius 2 is 2.03 bits per heavy atom. The highest BCUT2D eigenvalue weighted by atomic mass is 127. The van der Waals surface area contributed by atoms with Crippen molar-refractivity contribution in [1.29, 1.82) is 0 Å². The van der Waals surface area contributed by atoms with E-state index in [1.807, 2.05) is 24.3 Å². The minimum Gasteiger partial charge on any atom is -0.484 e. The monoisotopic (exact) mass is 517 g/mol. The SMILES string of the molecule is CCCN1CCC(NC(=NC)NCc2cccc(OCC(=O)N(C)C)c2)CC1.I. The molecule has 1 fully saturated rings. The fourth-order valence-corrected chi connectivity index (χ4v) is 3.21. The zero-order chi connectivity index (χ0) is 20.4. The topological polar surface area (TPSA) is 69.2 Å². The lowest BCUT2D eigenvalue weighted by Crippen LogP contribution is -2.48. The Bertz CT molecular complexity index is 646. The van der Waals surface area contributed by atoms with E-state index in [2.05, 4.69) is 27.4 Å². The number of amides is 1. The summed E-state index contributed by atoms with van der Waals surface area (Å²) >= 11 is 0. The number of halogens is 1. The smallest absolute Gasteiger partial charge is 0.259 e. The summed E-state index contributed by atoms with van der Waals surface area (Å²) < 4.78 is 5.58. The molecule has 0 unspecified atom stereocenters. The van der Waals surface area contributed by atoms with Gasteiger partial charge in [-0.05, 0) is 43.5 Å². The summed E-state index contributed by atoms with van der Waals surface area (Å²) in [5.74, 6) is 1.46. The van der Waals surface area contributed by atoms with Gasteiger partial charge in [-0.3, -0.25) is 9.79 Å². The molecule has 0 radical (unpaired) electrons. The van der Waals surface area contributed by atoms with Gasteiger partial charge in [-0.15, -0.1) is 24.0 Å². The van der Waals surface area contributed by atoms with Crippen LogP contribution in [0.3, 0.4) is 0 Å². The number of ether oxygens (including phenoxy) is 1. The van der Waals surface area contributed by atoms with E-state index < -0.39 is 0 Å². The first kappa shape index (κ1) is 25.5. The number of aliphatic imine (C=N–C) groups is 1. The fourth-order valence-electron chi connectivity index (χ4n) is 3.21. The fraction of sp³-hybridized carbons (Fsp3) is 0.619. The summed E-state index contributed by atoms with van der Waals surface area (Å²) in [5, 5.41) is 6.91. The van der Waals surface area contributed by atoms with Crippen LogP contribution in [0.5, 0.6) is 5.75 Å². The van der Waals surface area contributed by atoms with Gasteiger partial charge in [-0.25, -0.2) is 0 Å². The predicted molar refractivity (Wildman–Crippen MR) is 129 cm³/mol. The van der Waals surface area contributed by atoms with Crippen molar-refractivity contribution < 1.29 is 9.53 Å². The Balaban J connectivity index is 0.00000420. The first-order chi connectivity index (χ1) is 13.5. The second-order valence-electron chi connectivity index (χ2n) is 7.41. The van der Waals surface area contributed by atoms with Gasteiger partial charge in [0.2, 0.25) is 0 Å². The molecule has 1 saturated heterocycles. The van der Waals surface area contributed by atoms with E-state index in [0.29, 0.717) is 18.3 Å². The number of guanidine groups is 1. The number of likely N-dealkylation sites (N-methyl/N-ethyl adjacent to an activating group) is 1. The number of nitrogens with zero attached hydrogens (tertiary/aromatic N) is 3. The van der Waals surface area contributed by atoms with Crippen molar-refractivity contribution >= 4 is 35.8 Å². The number of hydrogen-bond acceptors (Lipinski definition) is 4. The van der Waals surface area contributed by atoms with Crippen LogP contribution in [0.2, 0.25) is 0 Å². The highest BCUT2D eigenvalue weighted by molar-refractivity contribution is 14.0. The molecular weight excluding hydrogens is 481 g/mol. The Morgan fingerprint density at radius 3 is 2.66 bits per heavy atom. The molecule has 2 rings (SSSR count). The summed E-state index contributed by atoms with van der Waals surface area (Å²) in [6.45, 7) is 6.41. The molecule has 1 heterocycles. The third-order valence-corrected chi connectivity index (χ3v) is 4.91. The number of hydrogen-bond donors (Lipinski definition) is 2. The standard InChI is InChI=1S/C21H35N5O2.HI/c1-5-11-26-12-9-18(10-13-26)24-21(22-2)23-15-17-7-6-8-19(14-17)28-16-20(27)25(3)4;/h6-8,14,18H,5,9-13,15-16H2,1-4H3,(H2,22,23,24);1H. The van der Waals surface area contributed by atoms with Crippen LogP contribution in [-0.2, 0) is 11.3 Å². The van der Waals surface area contributed by atoms with E-state index >= 15 is 0 Å². The van der Waals surface area contributed by atoms with Gasteiger partial charge >= 0.3 is 0 Å². The van der Waals surface area contributed by atoms with Gasteiger partial charge in [0, 0.05) is 46.8 Å². The molecule has 164 valence electrons. The molecule has 1 aromatic rings. The molecule has 1 aliphatic heterocycles. The Kier molecular flexibility index (Phi) is 12.0. The van der Waals surface area contributed by atoms with Crippen LogP contribution in [0.4, 0.5) is 0 Å². The second kappa shape index (κ2) is 13.6. The molecule has 8 heteroatoms. The van der Waals surface area contributed by atoms with E-state index in [1.165, 1.54) is 17.9 Å². The molecule has 0 aliphatic carbocycles. The molecule has 0 spiro atoms. The van der Waals surface area contributed by atoms with Crippen molar-refractivity contribution in [2.75, 3.05) is 47.4 Å². The van der Waals surface area contributed by atoms with Crippen LogP contribution in [0.25, 0.3) is 0 Å². The lowest BCUT2D eigenvalue weighted by molar-refractivity contribution is -0.130. The van der Waals surface area contributed by atoms with E-state index in [1.54, 1.807) is 21.1 Å². The van der Waals surface area contributed by atoms with Crippen LogP contribution in [0, 0.1) is 0 Å². The molecule has 1 aliphatic rings. The Hall–Kier alpha value is -1.55. The average Bonchev–Trinajstić information content (AvgIpc) is 2.71. The Morgan fingerprint density at radius 1 is 1.31 bits per heavy atom. The largest absolute Gasteiger partial charge is 0.484 e. The number of carbonyl (C=O) groups excluding carboxylic acids is 1. The van der Waals surface area contributed by atoms with E-state index in [0.717, 1.165) is 37.5 Å². The number of likely N-dealkylation sites (tertiary alicyclic amines) is 1. The van der Waals surface area contributed by atoms with Gasteiger partial charge < -0.3 is 25.2 Å². The van der Waals surface area contributed by atoms with Crippen LogP contribution >= 0.6 is 24.0 Å². The first-order valence-corrected chi connectivity index (χ1v) is 10.1. The van der Waals surface area contributed by atoms with Crippen molar-refractivity contribution in [2.45, 2.75) is 38.8 Å². The zero-order valence-corrected chi connectivity index (χ0v) is 20.4. The van der Waals surface area contributed by atoms with Crippen LogP contribution in [0.15, 0.2) is 29.3 Å². The van der Waals surface area contributed by atoms with Crippen LogP contribution < -0.4 is 15.4 Å². The van der Waals surface area contributed by atoms with Crippen LogP contribution in [-0.4, -0.2) is 75.1 Å². The minimum absolute atomic E-state index is 0. The van der Waals surface area contributed by atoms with Gasteiger partial charge in [0.05, 0.1) is 0 Å². The zero-order valence-electron chi connectivity index (χ0n) is 18.1. The van der Waals surface area contributed by atoms with Gasteiger partial charge in [0.1, 0.15) is 5.75 Å². The molecule has 0 atom stereocenters. The normalized spacial score (nSPS) is 15.4. The quantitative estimate of drug-likeness (QED) is 0.315. The molecule has 0 saturated carbocycles. The summed E-state index contributed by atoms with van der Waals surface area (Å²) in [4.78, 5) is 20.1. The maximum atomic E-state index is 11.7. The summed E-state index contributed by atoms with van der Waals surface area (Å²) in [6, 6.07) is 8.25. The summed E-state index contributed by atoms with van der Waals surface area (Å²) in [7, 11) is 5.24. The maximum Gasteiger partial charge on any atom is 0.259 e. The second-order valence-corrected chi connectivity index (χ2v) is 7.41. The molecule has 2 N–H and O–H groups in total. The molecule has 29 heavy (non-hydrogen) atoms. The molecule has 1 aromatic carbocycles. The lowest BCUT2D eigenvalue weighted by atomic mass is 10.1. The summed E-state index contributed by atoms with van der Waals surface area (Å²) in [6.07, 6.45) is 3.50. The maximum absolute atomic E-state index is 11.7. The molecule has 0 bridgehead atoms. The van der Waals surface area contributed by atoms with Gasteiger partial charge in [-0.1, -0.05) is 19.1 Å². The van der Waals surface area contributed by atoms with Crippen molar-refractivity contribution in [3.63, 3.8) is 0 Å². The molecule has 0 aromatic heterocycles. The lowest BCUT2D eigenvalue weighted by Gasteiger charge is -2.32. The molecule has 1 amide bonds. The number of carbonyl (C=O) groups is 1. The third kappa shape index (κ3) is 9.20. The van der Waals surface area contributed by atoms with Crippen LogP contribution in [0.1, 0.15) is 31.7 Å². The predicted octanol–water partition coefficient (Wildman–Crippen LogP) is 2.31. The third-order valence-electron chi connectivity index (χ3n) is 4.91. The first-order valence-electron chi connectivity index (χ1n) is 10.1. The molecular formula is C21H36IN5O2. The van der Waals surface area contributed by atoms with E-state index in [4.69, 9.17) is 4.74 Å². The van der Waals surface area contributed by atoms with E-state index in [9.17, 15) is 4.79 Å². The molecule has 7 nitrogen and oxygen atoms in total. The van der Waals surface area contributed by atoms with E-state index in [-0.39, 0.29) is 36.5 Å². The van der Waals surface area contributed by atoms with Crippen molar-refractivity contribution in [3.8, 4) is 5.75 Å². The number of rotatable bonds is 8. The Labute approximate surface area is 192 Å².